The van der Waals surface area contributed by atoms with Gasteiger partial charge < -0.3 is 15.1 Å². The monoisotopic (exact) mass is 244 g/mol. The Balaban J connectivity index is 2.61. The zero-order chi connectivity index (χ0) is 13.2. The van der Waals surface area contributed by atoms with Crippen molar-refractivity contribution in [1.29, 1.82) is 0 Å². The van der Waals surface area contributed by atoms with Crippen LogP contribution in [0.2, 0.25) is 0 Å². The van der Waals surface area contributed by atoms with Crippen LogP contribution < -0.4 is 0 Å². The standard InChI is InChI=1S/C13H28N2O2/c1-10(16)13(2,3)9-15-8-12(17)6-11(15)7-14(4)5/h10-12,16-17H,6-9H2,1-5H3. The van der Waals surface area contributed by atoms with E-state index in [9.17, 15) is 10.2 Å². The van der Waals surface area contributed by atoms with E-state index in [1.165, 1.54) is 0 Å². The van der Waals surface area contributed by atoms with Crippen LogP contribution in [0.1, 0.15) is 27.2 Å². The number of hydrogen-bond acceptors (Lipinski definition) is 4. The first kappa shape index (κ1) is 14.9. The molecule has 102 valence electrons. The van der Waals surface area contributed by atoms with Gasteiger partial charge in [-0.15, -0.1) is 0 Å². The highest BCUT2D eigenvalue weighted by Crippen LogP contribution is 2.27. The fourth-order valence-electron chi connectivity index (χ4n) is 2.42. The minimum absolute atomic E-state index is 0.130. The predicted molar refractivity (Wildman–Crippen MR) is 70.0 cm³/mol. The molecule has 1 aliphatic rings. The smallest absolute Gasteiger partial charge is 0.0682 e. The number of aliphatic hydroxyl groups is 2. The summed E-state index contributed by atoms with van der Waals surface area (Å²) in [4.78, 5) is 4.47. The molecule has 0 spiro atoms. The molecule has 0 aromatic carbocycles. The largest absolute Gasteiger partial charge is 0.393 e. The van der Waals surface area contributed by atoms with E-state index in [1.54, 1.807) is 0 Å². The van der Waals surface area contributed by atoms with Crippen molar-refractivity contribution in [3.05, 3.63) is 0 Å². The van der Waals surface area contributed by atoms with Crippen LogP contribution in [-0.4, -0.2) is 72.0 Å². The van der Waals surface area contributed by atoms with E-state index in [0.29, 0.717) is 6.04 Å². The normalized spacial score (nSPS) is 28.9. The van der Waals surface area contributed by atoms with Gasteiger partial charge in [-0.1, -0.05) is 13.8 Å². The van der Waals surface area contributed by atoms with E-state index in [-0.39, 0.29) is 17.6 Å². The lowest BCUT2D eigenvalue weighted by Gasteiger charge is -2.36. The van der Waals surface area contributed by atoms with Crippen molar-refractivity contribution in [3.8, 4) is 0 Å². The van der Waals surface area contributed by atoms with Crippen LogP contribution >= 0.6 is 0 Å². The number of nitrogens with zero attached hydrogens (tertiary/aromatic N) is 2. The van der Waals surface area contributed by atoms with Crippen molar-refractivity contribution in [3.63, 3.8) is 0 Å². The molecule has 1 fully saturated rings. The van der Waals surface area contributed by atoms with Crippen LogP contribution in [0.15, 0.2) is 0 Å². The van der Waals surface area contributed by atoms with Gasteiger partial charge in [0.25, 0.3) is 0 Å². The first-order valence-corrected chi connectivity index (χ1v) is 6.47. The van der Waals surface area contributed by atoms with Gasteiger partial charge in [-0.2, -0.15) is 0 Å². The molecule has 0 amide bonds. The Hall–Kier alpha value is -0.160. The molecule has 1 heterocycles. The fraction of sp³-hybridized carbons (Fsp3) is 1.00. The number of β-amino-alcohol motifs (C(OH)–C–C–N with tert-alkyl or cyclic N) is 1. The Morgan fingerprint density at radius 1 is 1.41 bits per heavy atom. The molecule has 0 saturated carbocycles. The molecule has 0 aromatic heterocycles. The second-order valence-corrected chi connectivity index (χ2v) is 6.40. The second kappa shape index (κ2) is 5.65. The van der Waals surface area contributed by atoms with Crippen molar-refractivity contribution < 1.29 is 10.2 Å². The summed E-state index contributed by atoms with van der Waals surface area (Å²) < 4.78 is 0. The molecule has 0 aromatic rings. The van der Waals surface area contributed by atoms with Crippen molar-refractivity contribution in [2.24, 2.45) is 5.41 Å². The van der Waals surface area contributed by atoms with Crippen LogP contribution in [0.4, 0.5) is 0 Å². The summed E-state index contributed by atoms with van der Waals surface area (Å²) in [6.07, 6.45) is 0.290. The van der Waals surface area contributed by atoms with Gasteiger partial charge in [0, 0.05) is 31.1 Å². The molecule has 0 bridgehead atoms. The zero-order valence-electron chi connectivity index (χ0n) is 11.8. The summed E-state index contributed by atoms with van der Waals surface area (Å²) in [5.41, 5.74) is -0.130. The fourth-order valence-corrected chi connectivity index (χ4v) is 2.42. The first-order chi connectivity index (χ1) is 7.72. The maximum absolute atomic E-state index is 9.80. The Bertz CT molecular complexity index is 242. The summed E-state index contributed by atoms with van der Waals surface area (Å²) in [5.74, 6) is 0. The average Bonchev–Trinajstić information content (AvgIpc) is 2.44. The lowest BCUT2D eigenvalue weighted by molar-refractivity contribution is 0.0262. The summed E-state index contributed by atoms with van der Waals surface area (Å²) in [6, 6.07) is 0.401. The number of hydrogen-bond donors (Lipinski definition) is 2. The van der Waals surface area contributed by atoms with Crippen molar-refractivity contribution in [2.75, 3.05) is 33.7 Å². The third kappa shape index (κ3) is 4.21. The second-order valence-electron chi connectivity index (χ2n) is 6.40. The maximum atomic E-state index is 9.80. The quantitative estimate of drug-likeness (QED) is 0.734. The Morgan fingerprint density at radius 2 is 2.00 bits per heavy atom. The molecule has 4 heteroatoms. The van der Waals surface area contributed by atoms with Crippen LogP contribution in [0.25, 0.3) is 0 Å². The maximum Gasteiger partial charge on any atom is 0.0682 e. The molecule has 4 nitrogen and oxygen atoms in total. The topological polar surface area (TPSA) is 46.9 Å². The van der Waals surface area contributed by atoms with E-state index in [2.05, 4.69) is 37.7 Å². The van der Waals surface area contributed by atoms with E-state index in [1.807, 2.05) is 6.92 Å². The molecule has 1 rings (SSSR count). The van der Waals surface area contributed by atoms with Gasteiger partial charge in [0.1, 0.15) is 0 Å². The lowest BCUT2D eigenvalue weighted by atomic mass is 9.86. The Labute approximate surface area is 105 Å². The van der Waals surface area contributed by atoms with E-state index < -0.39 is 0 Å². The minimum atomic E-state index is -0.333. The highest BCUT2D eigenvalue weighted by atomic mass is 16.3. The molecular weight excluding hydrogens is 216 g/mol. The summed E-state index contributed by atoms with van der Waals surface area (Å²) in [5, 5.41) is 19.6. The van der Waals surface area contributed by atoms with Crippen LogP contribution in [0.5, 0.6) is 0 Å². The van der Waals surface area contributed by atoms with Gasteiger partial charge in [0.15, 0.2) is 0 Å². The highest BCUT2D eigenvalue weighted by Gasteiger charge is 2.36. The van der Waals surface area contributed by atoms with E-state index >= 15 is 0 Å². The van der Waals surface area contributed by atoms with Gasteiger partial charge in [0.05, 0.1) is 12.2 Å². The zero-order valence-corrected chi connectivity index (χ0v) is 11.8. The van der Waals surface area contributed by atoms with E-state index in [4.69, 9.17) is 0 Å². The molecule has 3 unspecified atom stereocenters. The molecular formula is C13H28N2O2. The average molecular weight is 244 g/mol. The van der Waals surface area contributed by atoms with Crippen molar-refractivity contribution in [2.45, 2.75) is 45.4 Å². The third-order valence-electron chi connectivity index (χ3n) is 3.82. The lowest BCUT2D eigenvalue weighted by Crippen LogP contribution is -2.45. The van der Waals surface area contributed by atoms with Crippen molar-refractivity contribution in [1.82, 2.24) is 9.80 Å². The van der Waals surface area contributed by atoms with Gasteiger partial charge in [-0.05, 0) is 27.4 Å². The highest BCUT2D eigenvalue weighted by molar-refractivity contribution is 4.90. The van der Waals surface area contributed by atoms with Gasteiger partial charge in [-0.3, -0.25) is 4.90 Å². The number of likely N-dealkylation sites (tertiary alicyclic amines) is 1. The van der Waals surface area contributed by atoms with Gasteiger partial charge in [0.2, 0.25) is 0 Å². The molecule has 0 aliphatic carbocycles. The van der Waals surface area contributed by atoms with Crippen LogP contribution in [-0.2, 0) is 0 Å². The minimum Gasteiger partial charge on any atom is -0.393 e. The predicted octanol–water partition coefficient (Wildman–Crippen LogP) is 0.390. The molecule has 0 radical (unpaired) electrons. The molecule has 3 atom stereocenters. The number of likely N-dealkylation sites (N-methyl/N-ethyl adjacent to an activating group) is 1. The molecule has 1 aliphatic heterocycles. The molecule has 17 heavy (non-hydrogen) atoms. The molecule has 1 saturated heterocycles. The van der Waals surface area contributed by atoms with E-state index in [0.717, 1.165) is 26.1 Å². The summed E-state index contributed by atoms with van der Waals surface area (Å²) in [7, 11) is 4.12. The number of aliphatic hydroxyl groups excluding tert-OH is 2. The Morgan fingerprint density at radius 3 is 2.47 bits per heavy atom. The van der Waals surface area contributed by atoms with Gasteiger partial charge >= 0.3 is 0 Å². The van der Waals surface area contributed by atoms with Crippen LogP contribution in [0.3, 0.4) is 0 Å². The van der Waals surface area contributed by atoms with Gasteiger partial charge in [-0.25, -0.2) is 0 Å². The Kier molecular flexibility index (Phi) is 4.95. The number of rotatable bonds is 5. The summed E-state index contributed by atoms with van der Waals surface area (Å²) >= 11 is 0. The van der Waals surface area contributed by atoms with Crippen molar-refractivity contribution >= 4 is 0 Å². The third-order valence-corrected chi connectivity index (χ3v) is 3.82. The summed E-state index contributed by atoms with van der Waals surface area (Å²) in [6.45, 7) is 8.53. The first-order valence-electron chi connectivity index (χ1n) is 6.47. The van der Waals surface area contributed by atoms with Crippen LogP contribution in [0, 0.1) is 5.41 Å². The SMILES string of the molecule is CC(O)C(C)(C)CN1CC(O)CC1CN(C)C. The molecule has 2 N–H and O–H groups in total.